The molecule has 0 amide bonds. The lowest BCUT2D eigenvalue weighted by molar-refractivity contribution is 0.139. The van der Waals surface area contributed by atoms with Crippen molar-refractivity contribution in [3.8, 4) is 0 Å². The molecule has 0 aliphatic rings. The fourth-order valence-corrected chi connectivity index (χ4v) is 2.68. The first-order valence-corrected chi connectivity index (χ1v) is 7.69. The minimum atomic E-state index is 0.340. The van der Waals surface area contributed by atoms with E-state index >= 15 is 0 Å². The second kappa shape index (κ2) is 9.28. The van der Waals surface area contributed by atoms with Gasteiger partial charge < -0.3 is 10.1 Å². The first-order chi connectivity index (χ1) is 9.07. The molecular formula is C13H17Cl4NO. The van der Waals surface area contributed by atoms with Gasteiger partial charge in [0.1, 0.15) is 0 Å². The van der Waals surface area contributed by atoms with E-state index in [0.29, 0.717) is 39.7 Å². The van der Waals surface area contributed by atoms with Gasteiger partial charge in [0.25, 0.3) is 0 Å². The van der Waals surface area contributed by atoms with E-state index in [1.54, 1.807) is 6.07 Å². The molecule has 1 N–H and O–H groups in total. The van der Waals surface area contributed by atoms with Crippen molar-refractivity contribution in [3.63, 3.8) is 0 Å². The normalized spacial score (nSPS) is 11.0. The van der Waals surface area contributed by atoms with Gasteiger partial charge in [-0.3, -0.25) is 0 Å². The molecule has 0 aromatic heterocycles. The average Bonchev–Trinajstić information content (AvgIpc) is 2.38. The summed E-state index contributed by atoms with van der Waals surface area (Å²) in [5.41, 5.74) is 0.777. The number of hydrogen-bond donors (Lipinski definition) is 1. The third kappa shape index (κ3) is 5.66. The van der Waals surface area contributed by atoms with E-state index in [9.17, 15) is 0 Å². The monoisotopic (exact) mass is 343 g/mol. The van der Waals surface area contributed by atoms with E-state index in [2.05, 4.69) is 12.2 Å². The molecule has 0 aliphatic heterocycles. The van der Waals surface area contributed by atoms with E-state index in [1.807, 2.05) is 0 Å². The fourth-order valence-electron chi connectivity index (χ4n) is 1.56. The van der Waals surface area contributed by atoms with E-state index in [0.717, 1.165) is 25.1 Å². The van der Waals surface area contributed by atoms with Gasteiger partial charge in [0.05, 0.1) is 28.3 Å². The van der Waals surface area contributed by atoms with E-state index < -0.39 is 0 Å². The van der Waals surface area contributed by atoms with Crippen molar-refractivity contribution in [2.45, 2.75) is 19.8 Å². The molecule has 0 unspecified atom stereocenters. The molecular weight excluding hydrogens is 328 g/mol. The number of rotatable bonds is 8. The van der Waals surface area contributed by atoms with Crippen molar-refractivity contribution in [2.75, 3.05) is 26.3 Å². The van der Waals surface area contributed by atoms with Crippen molar-refractivity contribution in [1.82, 2.24) is 5.32 Å². The summed E-state index contributed by atoms with van der Waals surface area (Å²) >= 11 is 24.1. The summed E-state index contributed by atoms with van der Waals surface area (Å²) in [6, 6.07) is 1.61. The van der Waals surface area contributed by atoms with Crippen LogP contribution in [0.3, 0.4) is 0 Å². The van der Waals surface area contributed by atoms with Crippen molar-refractivity contribution in [1.29, 1.82) is 0 Å². The van der Waals surface area contributed by atoms with Gasteiger partial charge in [-0.1, -0.05) is 53.3 Å². The zero-order valence-electron chi connectivity index (χ0n) is 10.7. The predicted octanol–water partition coefficient (Wildman–Crippen LogP) is 4.86. The molecule has 0 aliphatic carbocycles. The van der Waals surface area contributed by atoms with Crippen LogP contribution < -0.4 is 5.32 Å². The first-order valence-electron chi connectivity index (χ1n) is 6.18. The van der Waals surface area contributed by atoms with Gasteiger partial charge in [-0.2, -0.15) is 0 Å². The lowest BCUT2D eigenvalue weighted by Crippen LogP contribution is -2.20. The Bertz CT molecular complexity index is 412. The third-order valence-corrected chi connectivity index (χ3v) is 4.19. The molecule has 108 valence electrons. The maximum absolute atomic E-state index is 6.12. The Balaban J connectivity index is 2.39. The van der Waals surface area contributed by atoms with Crippen LogP contribution in [0.4, 0.5) is 0 Å². The molecule has 0 saturated heterocycles. The molecule has 0 atom stereocenters. The number of benzene rings is 1. The van der Waals surface area contributed by atoms with Gasteiger partial charge in [0, 0.05) is 11.6 Å². The maximum atomic E-state index is 6.12. The summed E-state index contributed by atoms with van der Waals surface area (Å²) < 4.78 is 5.51. The molecule has 6 heteroatoms. The molecule has 0 bridgehead atoms. The highest BCUT2D eigenvalue weighted by Crippen LogP contribution is 2.37. The quantitative estimate of drug-likeness (QED) is 0.413. The molecule has 1 aromatic carbocycles. The Morgan fingerprint density at radius 1 is 1.00 bits per heavy atom. The molecule has 2 nitrogen and oxygen atoms in total. The van der Waals surface area contributed by atoms with Crippen LogP contribution in [0.25, 0.3) is 0 Å². The standard InChI is InChI=1S/C13H17Cl4NO/c1-2-4-18-5-7-19-6-3-9-10(14)8-11(15)13(17)12(9)16/h8,18H,2-7H2,1H3. The zero-order valence-corrected chi connectivity index (χ0v) is 13.8. The van der Waals surface area contributed by atoms with Gasteiger partial charge in [-0.15, -0.1) is 0 Å². The molecule has 0 saturated carbocycles. The second-order valence-corrected chi connectivity index (χ2v) is 5.63. The van der Waals surface area contributed by atoms with Crippen molar-refractivity contribution < 1.29 is 4.74 Å². The SMILES string of the molecule is CCCNCCOCCc1c(Cl)cc(Cl)c(Cl)c1Cl. The summed E-state index contributed by atoms with van der Waals surface area (Å²) in [6.45, 7) is 5.19. The molecule has 0 heterocycles. The number of ether oxygens (including phenoxy) is 1. The lowest BCUT2D eigenvalue weighted by Gasteiger charge is -2.10. The first kappa shape index (κ1) is 17.4. The van der Waals surface area contributed by atoms with Crippen LogP contribution in [-0.2, 0) is 11.2 Å². The largest absolute Gasteiger partial charge is 0.380 e. The summed E-state index contributed by atoms with van der Waals surface area (Å²) in [6.07, 6.45) is 1.73. The van der Waals surface area contributed by atoms with E-state index in [-0.39, 0.29) is 0 Å². The van der Waals surface area contributed by atoms with E-state index in [4.69, 9.17) is 51.1 Å². The Morgan fingerprint density at radius 2 is 1.74 bits per heavy atom. The predicted molar refractivity (Wildman–Crippen MR) is 84.2 cm³/mol. The summed E-state index contributed by atoms with van der Waals surface area (Å²) in [5.74, 6) is 0. The van der Waals surface area contributed by atoms with Gasteiger partial charge >= 0.3 is 0 Å². The summed E-state index contributed by atoms with van der Waals surface area (Å²) in [4.78, 5) is 0. The zero-order chi connectivity index (χ0) is 14.3. The van der Waals surface area contributed by atoms with Crippen LogP contribution in [0.5, 0.6) is 0 Å². The molecule has 0 fully saturated rings. The van der Waals surface area contributed by atoms with Crippen LogP contribution in [0.1, 0.15) is 18.9 Å². The molecule has 0 spiro atoms. The maximum Gasteiger partial charge on any atom is 0.0782 e. The van der Waals surface area contributed by atoms with E-state index in [1.165, 1.54) is 0 Å². The van der Waals surface area contributed by atoms with Crippen LogP contribution in [0.15, 0.2) is 6.07 Å². The minimum absolute atomic E-state index is 0.340. The van der Waals surface area contributed by atoms with Crippen LogP contribution in [-0.4, -0.2) is 26.3 Å². The van der Waals surface area contributed by atoms with Crippen LogP contribution >= 0.6 is 46.4 Å². The van der Waals surface area contributed by atoms with Crippen molar-refractivity contribution in [3.05, 3.63) is 31.7 Å². The van der Waals surface area contributed by atoms with Gasteiger partial charge in [-0.05, 0) is 31.0 Å². The highest BCUT2D eigenvalue weighted by Gasteiger charge is 2.13. The molecule has 19 heavy (non-hydrogen) atoms. The Labute approximate surface area is 134 Å². The molecule has 0 radical (unpaired) electrons. The number of hydrogen-bond acceptors (Lipinski definition) is 2. The average molecular weight is 345 g/mol. The highest BCUT2D eigenvalue weighted by atomic mass is 35.5. The minimum Gasteiger partial charge on any atom is -0.380 e. The molecule has 1 aromatic rings. The topological polar surface area (TPSA) is 21.3 Å². The number of halogens is 4. The Kier molecular flexibility index (Phi) is 8.47. The van der Waals surface area contributed by atoms with Crippen molar-refractivity contribution in [2.24, 2.45) is 0 Å². The second-order valence-electron chi connectivity index (χ2n) is 4.06. The lowest BCUT2D eigenvalue weighted by atomic mass is 10.1. The smallest absolute Gasteiger partial charge is 0.0782 e. The van der Waals surface area contributed by atoms with Crippen LogP contribution in [0.2, 0.25) is 20.1 Å². The highest BCUT2D eigenvalue weighted by molar-refractivity contribution is 6.49. The van der Waals surface area contributed by atoms with Gasteiger partial charge in [0.15, 0.2) is 0 Å². The van der Waals surface area contributed by atoms with Gasteiger partial charge in [-0.25, -0.2) is 0 Å². The van der Waals surface area contributed by atoms with Crippen molar-refractivity contribution >= 4 is 46.4 Å². The summed E-state index contributed by atoms with van der Waals surface area (Å²) in [7, 11) is 0. The van der Waals surface area contributed by atoms with Crippen LogP contribution in [0, 0.1) is 0 Å². The summed E-state index contributed by atoms with van der Waals surface area (Å²) in [5, 5.41) is 4.89. The van der Waals surface area contributed by atoms with Gasteiger partial charge in [0.2, 0.25) is 0 Å². The fraction of sp³-hybridized carbons (Fsp3) is 0.538. The Morgan fingerprint density at radius 3 is 2.42 bits per heavy atom. The Hall–Kier alpha value is 0.300. The third-order valence-electron chi connectivity index (χ3n) is 2.56. The number of nitrogens with one attached hydrogen (secondary N) is 1. The molecule has 1 rings (SSSR count).